The first kappa shape index (κ1) is 17.5. The van der Waals surface area contributed by atoms with Crippen LogP contribution in [0.4, 0.5) is 5.69 Å². The van der Waals surface area contributed by atoms with Gasteiger partial charge in [0.1, 0.15) is 0 Å². The molecule has 0 aliphatic carbocycles. The van der Waals surface area contributed by atoms with Gasteiger partial charge in [0, 0.05) is 13.0 Å². The first-order valence-electron chi connectivity index (χ1n) is 6.99. The number of sulfonamides is 1. The van der Waals surface area contributed by atoms with Crippen molar-refractivity contribution in [2.75, 3.05) is 11.9 Å². The minimum Gasteiger partial charge on any atom is -0.325 e. The first-order valence-corrected chi connectivity index (χ1v) is 8.85. The summed E-state index contributed by atoms with van der Waals surface area (Å²) in [5.74, 6) is -0.315. The van der Waals surface area contributed by atoms with Crippen LogP contribution in [-0.2, 0) is 14.8 Å². The number of rotatable bonds is 6. The van der Waals surface area contributed by atoms with E-state index < -0.39 is 10.0 Å². The van der Waals surface area contributed by atoms with E-state index in [9.17, 15) is 13.2 Å². The first-order chi connectivity index (χ1) is 10.9. The quantitative estimate of drug-likeness (QED) is 0.839. The number of hydrogen-bond acceptors (Lipinski definition) is 3. The summed E-state index contributed by atoms with van der Waals surface area (Å²) in [5.41, 5.74) is 1.48. The van der Waals surface area contributed by atoms with Crippen LogP contribution < -0.4 is 10.0 Å². The molecule has 0 spiro atoms. The van der Waals surface area contributed by atoms with Crippen molar-refractivity contribution in [2.24, 2.45) is 0 Å². The van der Waals surface area contributed by atoms with Crippen molar-refractivity contribution in [1.29, 1.82) is 0 Å². The highest BCUT2D eigenvalue weighted by Gasteiger charge is 2.14. The third kappa shape index (κ3) is 5.06. The van der Waals surface area contributed by atoms with Crippen LogP contribution in [0.5, 0.6) is 0 Å². The van der Waals surface area contributed by atoms with Crippen molar-refractivity contribution >= 4 is 33.2 Å². The van der Waals surface area contributed by atoms with Crippen molar-refractivity contribution in [3.05, 3.63) is 59.1 Å². The highest BCUT2D eigenvalue weighted by molar-refractivity contribution is 7.89. The molecule has 0 aliphatic rings. The number of halogens is 1. The number of benzene rings is 2. The number of anilines is 1. The van der Waals surface area contributed by atoms with E-state index in [1.807, 2.05) is 6.92 Å². The van der Waals surface area contributed by atoms with Gasteiger partial charge in [-0.2, -0.15) is 0 Å². The minimum absolute atomic E-state index is 0.00644. The molecule has 5 nitrogen and oxygen atoms in total. The number of nitrogens with one attached hydrogen (secondary N) is 2. The number of amides is 1. The average Bonchev–Trinajstić information content (AvgIpc) is 2.50. The second kappa shape index (κ2) is 7.59. The normalized spacial score (nSPS) is 11.2. The lowest BCUT2D eigenvalue weighted by Gasteiger charge is -2.08. The van der Waals surface area contributed by atoms with Gasteiger partial charge in [-0.05, 0) is 31.2 Å². The summed E-state index contributed by atoms with van der Waals surface area (Å²) in [6, 6.07) is 13.4. The van der Waals surface area contributed by atoms with E-state index in [0.717, 1.165) is 5.56 Å². The zero-order chi connectivity index (χ0) is 16.9. The van der Waals surface area contributed by atoms with Gasteiger partial charge in [0.05, 0.1) is 15.6 Å². The zero-order valence-corrected chi connectivity index (χ0v) is 14.1. The lowest BCUT2D eigenvalue weighted by Crippen LogP contribution is -2.27. The molecule has 2 aromatic rings. The van der Waals surface area contributed by atoms with Gasteiger partial charge in [-0.25, -0.2) is 13.1 Å². The smallest absolute Gasteiger partial charge is 0.240 e. The van der Waals surface area contributed by atoms with Crippen LogP contribution in [0, 0.1) is 6.92 Å². The van der Waals surface area contributed by atoms with Crippen LogP contribution in [-0.4, -0.2) is 20.9 Å². The maximum Gasteiger partial charge on any atom is 0.240 e. The maximum atomic E-state index is 12.1. The summed E-state index contributed by atoms with van der Waals surface area (Å²) in [4.78, 5) is 12.0. The van der Waals surface area contributed by atoms with Crippen molar-refractivity contribution in [3.63, 3.8) is 0 Å². The van der Waals surface area contributed by atoms with Crippen LogP contribution in [0.3, 0.4) is 0 Å². The zero-order valence-electron chi connectivity index (χ0n) is 12.5. The molecule has 2 rings (SSSR count). The van der Waals surface area contributed by atoms with E-state index in [0.29, 0.717) is 10.7 Å². The monoisotopic (exact) mass is 352 g/mol. The number of aryl methyl sites for hydroxylation is 1. The fourth-order valence-corrected chi connectivity index (χ4v) is 3.09. The standard InChI is InChI=1S/C16H17ClN2O3S/c1-12-6-8-13(9-7-12)23(21,22)18-11-10-16(20)19-15-5-3-2-4-14(15)17/h2-9,18H,10-11H2,1H3,(H,19,20). The number of carbonyl (C=O) groups is 1. The second-order valence-electron chi connectivity index (χ2n) is 4.99. The van der Waals surface area contributed by atoms with Crippen molar-refractivity contribution in [3.8, 4) is 0 Å². The fourth-order valence-electron chi connectivity index (χ4n) is 1.87. The number of para-hydroxylation sites is 1. The lowest BCUT2D eigenvalue weighted by molar-refractivity contribution is -0.116. The van der Waals surface area contributed by atoms with Gasteiger partial charge in [0.25, 0.3) is 0 Å². The molecule has 0 radical (unpaired) electrons. The molecule has 2 aromatic carbocycles. The van der Waals surface area contributed by atoms with Crippen LogP contribution >= 0.6 is 11.6 Å². The van der Waals surface area contributed by atoms with E-state index >= 15 is 0 Å². The summed E-state index contributed by atoms with van der Waals surface area (Å²) < 4.78 is 26.6. The molecule has 23 heavy (non-hydrogen) atoms. The highest BCUT2D eigenvalue weighted by Crippen LogP contribution is 2.20. The summed E-state index contributed by atoms with van der Waals surface area (Å²) in [6.07, 6.45) is 0.0102. The largest absolute Gasteiger partial charge is 0.325 e. The SMILES string of the molecule is Cc1ccc(S(=O)(=O)NCCC(=O)Nc2ccccc2Cl)cc1. The van der Waals surface area contributed by atoms with E-state index in [4.69, 9.17) is 11.6 Å². The average molecular weight is 353 g/mol. The van der Waals surface area contributed by atoms with Gasteiger partial charge in [-0.3, -0.25) is 4.79 Å². The molecular formula is C16H17ClN2O3S. The summed E-state index contributed by atoms with van der Waals surface area (Å²) in [6.45, 7) is 1.88. The van der Waals surface area contributed by atoms with Gasteiger partial charge in [-0.15, -0.1) is 0 Å². The molecule has 0 unspecified atom stereocenters. The predicted molar refractivity (Wildman–Crippen MR) is 91.1 cm³/mol. The molecular weight excluding hydrogens is 336 g/mol. The third-order valence-electron chi connectivity index (χ3n) is 3.12. The van der Waals surface area contributed by atoms with Crippen molar-refractivity contribution in [2.45, 2.75) is 18.2 Å². The second-order valence-corrected chi connectivity index (χ2v) is 7.16. The van der Waals surface area contributed by atoms with Crippen LogP contribution in [0.15, 0.2) is 53.4 Å². The molecule has 0 saturated heterocycles. The van der Waals surface area contributed by atoms with E-state index in [1.54, 1.807) is 36.4 Å². The maximum absolute atomic E-state index is 12.1. The van der Waals surface area contributed by atoms with E-state index in [-0.39, 0.29) is 23.8 Å². The Balaban J connectivity index is 1.88. The van der Waals surface area contributed by atoms with Gasteiger partial charge < -0.3 is 5.32 Å². The van der Waals surface area contributed by atoms with Gasteiger partial charge in [0.15, 0.2) is 0 Å². The van der Waals surface area contributed by atoms with Gasteiger partial charge >= 0.3 is 0 Å². The molecule has 2 N–H and O–H groups in total. The molecule has 0 aliphatic heterocycles. The number of hydrogen-bond donors (Lipinski definition) is 2. The van der Waals surface area contributed by atoms with Crippen molar-refractivity contribution in [1.82, 2.24) is 4.72 Å². The summed E-state index contributed by atoms with van der Waals surface area (Å²) >= 11 is 5.94. The molecule has 122 valence electrons. The van der Waals surface area contributed by atoms with Crippen LogP contribution in [0.25, 0.3) is 0 Å². The Hall–Kier alpha value is -1.89. The molecule has 0 saturated carbocycles. The third-order valence-corrected chi connectivity index (χ3v) is 4.93. The molecule has 0 fully saturated rings. The van der Waals surface area contributed by atoms with E-state index in [1.165, 1.54) is 12.1 Å². The Kier molecular flexibility index (Phi) is 5.76. The highest BCUT2D eigenvalue weighted by atomic mass is 35.5. The molecule has 1 amide bonds. The molecule has 0 heterocycles. The van der Waals surface area contributed by atoms with Gasteiger partial charge in [0.2, 0.25) is 15.9 Å². The molecule has 7 heteroatoms. The minimum atomic E-state index is -3.61. The number of carbonyl (C=O) groups excluding carboxylic acids is 1. The Morgan fingerprint density at radius 1 is 1.09 bits per heavy atom. The Bertz CT molecular complexity index is 789. The van der Waals surface area contributed by atoms with Crippen LogP contribution in [0.1, 0.15) is 12.0 Å². The summed E-state index contributed by atoms with van der Waals surface area (Å²) in [7, 11) is -3.61. The van der Waals surface area contributed by atoms with Gasteiger partial charge in [-0.1, -0.05) is 41.4 Å². The Morgan fingerprint density at radius 2 is 1.74 bits per heavy atom. The Labute approximate surface area is 140 Å². The predicted octanol–water partition coefficient (Wildman–Crippen LogP) is 2.96. The topological polar surface area (TPSA) is 75.3 Å². The molecule has 0 atom stereocenters. The Morgan fingerprint density at radius 3 is 2.39 bits per heavy atom. The molecule has 0 bridgehead atoms. The molecule has 0 aromatic heterocycles. The fraction of sp³-hybridized carbons (Fsp3) is 0.188. The summed E-state index contributed by atoms with van der Waals surface area (Å²) in [5, 5.41) is 3.07. The van der Waals surface area contributed by atoms with Crippen LogP contribution in [0.2, 0.25) is 5.02 Å². The lowest BCUT2D eigenvalue weighted by atomic mass is 10.2. The van der Waals surface area contributed by atoms with Crippen molar-refractivity contribution < 1.29 is 13.2 Å². The van der Waals surface area contributed by atoms with E-state index in [2.05, 4.69) is 10.0 Å².